The van der Waals surface area contributed by atoms with Gasteiger partial charge in [-0.15, -0.1) is 11.3 Å². The number of aromatic nitrogens is 3. The van der Waals surface area contributed by atoms with Crippen molar-refractivity contribution in [2.24, 2.45) is 0 Å². The number of amides is 2. The summed E-state index contributed by atoms with van der Waals surface area (Å²) in [6.45, 7) is 0.599. The summed E-state index contributed by atoms with van der Waals surface area (Å²) in [6.07, 6.45) is 7.09. The Morgan fingerprint density at radius 1 is 1.36 bits per heavy atom. The molecule has 1 aliphatic heterocycles. The van der Waals surface area contributed by atoms with E-state index < -0.39 is 6.04 Å². The van der Waals surface area contributed by atoms with Gasteiger partial charge in [0.15, 0.2) is 5.13 Å². The van der Waals surface area contributed by atoms with Crippen molar-refractivity contribution in [3.63, 3.8) is 0 Å². The van der Waals surface area contributed by atoms with Crippen LogP contribution in [0.3, 0.4) is 0 Å². The average Bonchev–Trinajstić information content (AvgIpc) is 3.34. The highest BCUT2D eigenvalue weighted by atomic mass is 32.1. The van der Waals surface area contributed by atoms with Crippen LogP contribution in [0, 0.1) is 0 Å². The number of fused-ring (bicyclic) bond motifs is 1. The third kappa shape index (κ3) is 3.25. The molecule has 8 heteroatoms. The second-order valence-corrected chi connectivity index (χ2v) is 6.84. The van der Waals surface area contributed by atoms with Gasteiger partial charge in [0.1, 0.15) is 11.7 Å². The Bertz CT molecular complexity index is 872. The van der Waals surface area contributed by atoms with Crippen molar-refractivity contribution in [1.82, 2.24) is 19.3 Å². The maximum Gasteiger partial charge on any atom is 0.248 e. The third-order valence-electron chi connectivity index (χ3n) is 4.28. The lowest BCUT2D eigenvalue weighted by molar-refractivity contribution is -0.136. The van der Waals surface area contributed by atoms with Crippen molar-refractivity contribution in [3.8, 4) is 0 Å². The number of carbonyl (C=O) groups excluding carboxylic acids is 2. The summed E-state index contributed by atoms with van der Waals surface area (Å²) in [6, 6.07) is 5.29. The fourth-order valence-corrected chi connectivity index (χ4v) is 3.67. The van der Waals surface area contributed by atoms with Gasteiger partial charge in [0, 0.05) is 30.5 Å². The number of nitrogens with one attached hydrogen (secondary N) is 1. The Labute approximate surface area is 148 Å². The van der Waals surface area contributed by atoms with Gasteiger partial charge in [0.05, 0.1) is 12.1 Å². The molecule has 0 aliphatic carbocycles. The molecule has 3 aromatic heterocycles. The summed E-state index contributed by atoms with van der Waals surface area (Å²) in [7, 11) is 0. The van der Waals surface area contributed by atoms with Gasteiger partial charge in [-0.1, -0.05) is 6.07 Å². The third-order valence-corrected chi connectivity index (χ3v) is 4.97. The van der Waals surface area contributed by atoms with E-state index in [2.05, 4.69) is 15.3 Å². The van der Waals surface area contributed by atoms with E-state index in [1.165, 1.54) is 11.3 Å². The molecule has 25 heavy (non-hydrogen) atoms. The maximum absolute atomic E-state index is 12.7. The SMILES string of the molecule is O=C(Nc1nccs1)C1CCCN1C(=O)Cc1cn2ccccc2n1. The van der Waals surface area contributed by atoms with Crippen LogP contribution in [0.4, 0.5) is 5.13 Å². The predicted molar refractivity (Wildman–Crippen MR) is 94.4 cm³/mol. The molecule has 1 atom stereocenters. The molecule has 3 aromatic rings. The van der Waals surface area contributed by atoms with E-state index in [0.717, 1.165) is 12.1 Å². The maximum atomic E-state index is 12.7. The first kappa shape index (κ1) is 15.8. The van der Waals surface area contributed by atoms with Crippen molar-refractivity contribution < 1.29 is 9.59 Å². The molecular weight excluding hydrogens is 338 g/mol. The largest absolute Gasteiger partial charge is 0.330 e. The van der Waals surface area contributed by atoms with Crippen LogP contribution in [0.15, 0.2) is 42.2 Å². The molecule has 4 heterocycles. The molecule has 128 valence electrons. The van der Waals surface area contributed by atoms with E-state index in [0.29, 0.717) is 23.8 Å². The molecule has 0 aromatic carbocycles. The first-order valence-corrected chi connectivity index (χ1v) is 9.01. The second kappa shape index (κ2) is 6.64. The lowest BCUT2D eigenvalue weighted by atomic mass is 10.2. The number of hydrogen-bond acceptors (Lipinski definition) is 5. The quantitative estimate of drug-likeness (QED) is 0.776. The molecule has 1 aliphatic rings. The van der Waals surface area contributed by atoms with Gasteiger partial charge in [-0.2, -0.15) is 0 Å². The number of rotatable bonds is 4. The fraction of sp³-hybridized carbons (Fsp3) is 0.294. The zero-order chi connectivity index (χ0) is 17.2. The van der Waals surface area contributed by atoms with Gasteiger partial charge in [0.2, 0.25) is 11.8 Å². The van der Waals surface area contributed by atoms with Crippen LogP contribution >= 0.6 is 11.3 Å². The number of pyridine rings is 1. The number of nitrogens with zero attached hydrogens (tertiary/aromatic N) is 4. The average molecular weight is 355 g/mol. The summed E-state index contributed by atoms with van der Waals surface area (Å²) in [5.74, 6) is -0.240. The molecule has 1 fully saturated rings. The molecule has 0 saturated carbocycles. The minimum atomic E-state index is -0.437. The van der Waals surface area contributed by atoms with Crippen LogP contribution in [-0.4, -0.2) is 43.7 Å². The van der Waals surface area contributed by atoms with Crippen LogP contribution in [0.2, 0.25) is 0 Å². The topological polar surface area (TPSA) is 79.6 Å². The molecule has 4 rings (SSSR count). The highest BCUT2D eigenvalue weighted by Gasteiger charge is 2.34. The fourth-order valence-electron chi connectivity index (χ4n) is 3.14. The van der Waals surface area contributed by atoms with Crippen LogP contribution in [0.25, 0.3) is 5.65 Å². The summed E-state index contributed by atoms with van der Waals surface area (Å²) in [5, 5.41) is 5.15. The summed E-state index contributed by atoms with van der Waals surface area (Å²) >= 11 is 1.37. The van der Waals surface area contributed by atoms with Gasteiger partial charge in [-0.05, 0) is 25.0 Å². The number of hydrogen-bond donors (Lipinski definition) is 1. The normalized spacial score (nSPS) is 17.1. The molecule has 0 bridgehead atoms. The summed E-state index contributed by atoms with van der Waals surface area (Å²) in [4.78, 5) is 35.3. The zero-order valence-electron chi connectivity index (χ0n) is 13.5. The Morgan fingerprint density at radius 2 is 2.28 bits per heavy atom. The molecule has 1 N–H and O–H groups in total. The Kier molecular flexibility index (Phi) is 4.19. The molecule has 1 unspecified atom stereocenters. The number of thiazole rings is 1. The lowest BCUT2D eigenvalue weighted by Gasteiger charge is -2.23. The first-order valence-electron chi connectivity index (χ1n) is 8.13. The van der Waals surface area contributed by atoms with Gasteiger partial charge in [0.25, 0.3) is 0 Å². The highest BCUT2D eigenvalue weighted by molar-refractivity contribution is 7.13. The summed E-state index contributed by atoms with van der Waals surface area (Å²) in [5.41, 5.74) is 1.52. The van der Waals surface area contributed by atoms with E-state index in [9.17, 15) is 9.59 Å². The predicted octanol–water partition coefficient (Wildman–Crippen LogP) is 1.96. The van der Waals surface area contributed by atoms with Crippen LogP contribution in [0.1, 0.15) is 18.5 Å². The molecule has 2 amide bonds. The van der Waals surface area contributed by atoms with Crippen LogP contribution in [0.5, 0.6) is 0 Å². The molecule has 7 nitrogen and oxygen atoms in total. The monoisotopic (exact) mass is 355 g/mol. The zero-order valence-corrected chi connectivity index (χ0v) is 14.3. The Balaban J connectivity index is 1.45. The molecule has 0 radical (unpaired) electrons. The minimum absolute atomic E-state index is 0.0693. The van der Waals surface area contributed by atoms with Gasteiger partial charge < -0.3 is 14.6 Å². The molecule has 1 saturated heterocycles. The van der Waals surface area contributed by atoms with E-state index in [1.807, 2.05) is 35.0 Å². The lowest BCUT2D eigenvalue weighted by Crippen LogP contribution is -2.43. The van der Waals surface area contributed by atoms with Crippen LogP contribution < -0.4 is 5.32 Å². The minimum Gasteiger partial charge on any atom is -0.330 e. The van der Waals surface area contributed by atoms with Gasteiger partial charge >= 0.3 is 0 Å². The molecular formula is C17H17N5O2S. The Morgan fingerprint density at radius 3 is 3.08 bits per heavy atom. The van der Waals surface area contributed by atoms with Crippen molar-refractivity contribution in [1.29, 1.82) is 0 Å². The summed E-state index contributed by atoms with van der Waals surface area (Å²) < 4.78 is 1.89. The highest BCUT2D eigenvalue weighted by Crippen LogP contribution is 2.21. The van der Waals surface area contributed by atoms with E-state index in [-0.39, 0.29) is 18.2 Å². The van der Waals surface area contributed by atoms with Crippen molar-refractivity contribution in [2.75, 3.05) is 11.9 Å². The van der Waals surface area contributed by atoms with E-state index in [1.54, 1.807) is 16.5 Å². The number of anilines is 1. The van der Waals surface area contributed by atoms with E-state index >= 15 is 0 Å². The first-order chi connectivity index (χ1) is 12.2. The van der Waals surface area contributed by atoms with Gasteiger partial charge in [-0.3, -0.25) is 9.59 Å². The van der Waals surface area contributed by atoms with Gasteiger partial charge in [-0.25, -0.2) is 9.97 Å². The van der Waals surface area contributed by atoms with Crippen molar-refractivity contribution >= 4 is 33.9 Å². The van der Waals surface area contributed by atoms with Crippen molar-refractivity contribution in [2.45, 2.75) is 25.3 Å². The Hall–Kier alpha value is -2.74. The molecule has 0 spiro atoms. The number of likely N-dealkylation sites (tertiary alicyclic amines) is 1. The standard InChI is InChI=1S/C17H17N5O2S/c23-15(10-12-11-21-7-2-1-5-14(21)19-12)22-8-3-4-13(22)16(24)20-17-18-6-9-25-17/h1-2,5-7,9,11,13H,3-4,8,10H2,(H,18,20,24). The smallest absolute Gasteiger partial charge is 0.248 e. The number of carbonyl (C=O) groups is 2. The number of imidazole rings is 1. The van der Waals surface area contributed by atoms with Crippen LogP contribution in [-0.2, 0) is 16.0 Å². The van der Waals surface area contributed by atoms with Crippen molar-refractivity contribution in [3.05, 3.63) is 47.9 Å². The second-order valence-electron chi connectivity index (χ2n) is 5.95. The van der Waals surface area contributed by atoms with E-state index in [4.69, 9.17) is 0 Å².